The first-order chi connectivity index (χ1) is 7.64. The maximum atomic E-state index is 12.5. The number of nitrogens with two attached hydrogens (primary N) is 1. The Balaban J connectivity index is 4.58. The van der Waals surface area contributed by atoms with E-state index in [-0.39, 0.29) is 0 Å². The van der Waals surface area contributed by atoms with Crippen molar-refractivity contribution in [3.63, 3.8) is 0 Å². The van der Waals surface area contributed by atoms with Gasteiger partial charge in [0.05, 0.1) is 6.61 Å². The average molecular weight is 253 g/mol. The molecule has 0 aromatic rings. The molecule has 1 atom stereocenters. The second kappa shape index (κ2) is 9.14. The van der Waals surface area contributed by atoms with Gasteiger partial charge in [0.15, 0.2) is 0 Å². The first kappa shape index (κ1) is 16.1. The summed E-state index contributed by atoms with van der Waals surface area (Å²) in [4.78, 5) is 0. The van der Waals surface area contributed by atoms with E-state index in [0.29, 0.717) is 38.9 Å². The second-order valence-electron chi connectivity index (χ2n) is 3.23. The molecule has 0 aliphatic rings. The zero-order valence-corrected chi connectivity index (χ0v) is 11.4. The summed E-state index contributed by atoms with van der Waals surface area (Å²) >= 11 is 0. The summed E-state index contributed by atoms with van der Waals surface area (Å²) in [7, 11) is -2.90. The predicted octanol–water partition coefficient (Wildman–Crippen LogP) is 2.01. The highest BCUT2D eigenvalue weighted by atomic mass is 31.2. The summed E-state index contributed by atoms with van der Waals surface area (Å²) in [5.41, 5.74) is 5.42. The van der Waals surface area contributed by atoms with E-state index in [9.17, 15) is 4.57 Å². The molecule has 98 valence electrons. The summed E-state index contributed by atoms with van der Waals surface area (Å²) in [5.74, 6) is 0. The van der Waals surface area contributed by atoms with Gasteiger partial charge in [0, 0.05) is 19.4 Å². The Labute approximate surface area is 98.1 Å². The Hall–Kier alpha value is 0.0700. The number of hydrogen-bond acceptors (Lipinski definition) is 5. The topological polar surface area (TPSA) is 70.8 Å². The summed E-state index contributed by atoms with van der Waals surface area (Å²) in [5, 5.41) is 0. The zero-order chi connectivity index (χ0) is 12.4. The highest BCUT2D eigenvalue weighted by molar-refractivity contribution is 7.59. The zero-order valence-electron chi connectivity index (χ0n) is 10.5. The molecular weight excluding hydrogens is 229 g/mol. The van der Waals surface area contributed by atoms with Gasteiger partial charge in [-0.25, -0.2) is 0 Å². The minimum atomic E-state index is -2.90. The average Bonchev–Trinajstić information content (AvgIpc) is 2.26. The van der Waals surface area contributed by atoms with Crippen LogP contribution in [0.1, 0.15) is 27.2 Å². The Morgan fingerprint density at radius 2 is 1.69 bits per heavy atom. The molecule has 2 N–H and O–H groups in total. The van der Waals surface area contributed by atoms with Crippen LogP contribution in [0.3, 0.4) is 0 Å². The van der Waals surface area contributed by atoms with E-state index < -0.39 is 13.4 Å². The molecule has 0 aromatic heterocycles. The summed E-state index contributed by atoms with van der Waals surface area (Å²) < 4.78 is 28.6. The van der Waals surface area contributed by atoms with Crippen LogP contribution in [0.15, 0.2) is 0 Å². The molecule has 0 aromatic carbocycles. The smallest absolute Gasteiger partial charge is 0.257 e. The van der Waals surface area contributed by atoms with Gasteiger partial charge in [0.2, 0.25) is 6.03 Å². The molecular formula is C10H24NO4P. The van der Waals surface area contributed by atoms with Gasteiger partial charge >= 0.3 is 0 Å². The summed E-state index contributed by atoms with van der Waals surface area (Å²) in [6.45, 7) is 7.26. The first-order valence-corrected chi connectivity index (χ1v) is 7.69. The van der Waals surface area contributed by atoms with E-state index in [2.05, 4.69) is 0 Å². The van der Waals surface area contributed by atoms with Crippen LogP contribution in [0, 0.1) is 0 Å². The van der Waals surface area contributed by atoms with E-state index in [1.54, 1.807) is 0 Å². The van der Waals surface area contributed by atoms with Gasteiger partial charge in [-0.3, -0.25) is 4.57 Å². The normalized spacial score (nSPS) is 15.3. The molecule has 0 amide bonds. The maximum absolute atomic E-state index is 12.5. The lowest BCUT2D eigenvalue weighted by Gasteiger charge is -2.26. The van der Waals surface area contributed by atoms with Crippen molar-refractivity contribution in [1.82, 2.24) is 0 Å². The van der Waals surface area contributed by atoms with E-state index in [1.165, 1.54) is 0 Å². The van der Waals surface area contributed by atoms with Crippen LogP contribution in [0.4, 0.5) is 0 Å². The third-order valence-corrected chi connectivity index (χ3v) is 4.54. The fraction of sp³-hybridized carbons (Fsp3) is 1.00. The fourth-order valence-electron chi connectivity index (χ4n) is 1.32. The minimum Gasteiger partial charge on any atom is -0.345 e. The standard InChI is InChI=1S/C10H24NO4P/c1-4-13-10(14-5-2)16(12,15-6-3)9-7-8-11/h10H,4-9,11H2,1-3H3. The third kappa shape index (κ3) is 5.41. The molecule has 0 heterocycles. The summed E-state index contributed by atoms with van der Waals surface area (Å²) in [6.07, 6.45) is 1.05. The van der Waals surface area contributed by atoms with Gasteiger partial charge in [-0.1, -0.05) is 0 Å². The van der Waals surface area contributed by atoms with E-state index in [4.69, 9.17) is 19.7 Å². The molecule has 1 unspecified atom stereocenters. The van der Waals surface area contributed by atoms with E-state index in [0.717, 1.165) is 0 Å². The molecule has 0 saturated carbocycles. The highest BCUT2D eigenvalue weighted by Gasteiger charge is 2.34. The molecule has 0 aliphatic carbocycles. The van der Waals surface area contributed by atoms with Crippen molar-refractivity contribution in [3.8, 4) is 0 Å². The lowest BCUT2D eigenvalue weighted by molar-refractivity contribution is -0.0888. The number of hydrogen-bond donors (Lipinski definition) is 1. The molecule has 0 fully saturated rings. The number of rotatable bonds is 10. The van der Waals surface area contributed by atoms with Crippen molar-refractivity contribution in [3.05, 3.63) is 0 Å². The van der Waals surface area contributed by atoms with Gasteiger partial charge in [-0.05, 0) is 33.7 Å². The van der Waals surface area contributed by atoms with Crippen molar-refractivity contribution in [2.24, 2.45) is 5.73 Å². The lowest BCUT2D eigenvalue weighted by Crippen LogP contribution is -2.22. The summed E-state index contributed by atoms with van der Waals surface area (Å²) in [6, 6.07) is -0.756. The minimum absolute atomic E-state index is 0.387. The molecule has 0 bridgehead atoms. The second-order valence-corrected chi connectivity index (χ2v) is 5.81. The van der Waals surface area contributed by atoms with Crippen molar-refractivity contribution >= 4 is 7.37 Å². The first-order valence-electron chi connectivity index (χ1n) is 5.81. The van der Waals surface area contributed by atoms with E-state index >= 15 is 0 Å². The fourth-order valence-corrected chi connectivity index (χ4v) is 3.60. The van der Waals surface area contributed by atoms with Gasteiger partial charge in [-0.2, -0.15) is 0 Å². The van der Waals surface area contributed by atoms with Crippen LogP contribution in [-0.2, 0) is 18.6 Å². The van der Waals surface area contributed by atoms with Gasteiger partial charge in [0.25, 0.3) is 7.37 Å². The Bertz CT molecular complexity index is 207. The maximum Gasteiger partial charge on any atom is 0.257 e. The molecule has 6 heteroatoms. The van der Waals surface area contributed by atoms with Crippen LogP contribution < -0.4 is 5.73 Å². The SMILES string of the molecule is CCOC(OCC)P(=O)(CCCN)OCC. The predicted molar refractivity (Wildman–Crippen MR) is 64.8 cm³/mol. The quantitative estimate of drug-likeness (QED) is 0.476. The Morgan fingerprint density at radius 3 is 2.06 bits per heavy atom. The van der Waals surface area contributed by atoms with Crippen molar-refractivity contribution in [1.29, 1.82) is 0 Å². The van der Waals surface area contributed by atoms with Gasteiger partial charge < -0.3 is 19.7 Å². The van der Waals surface area contributed by atoms with E-state index in [1.807, 2.05) is 20.8 Å². The van der Waals surface area contributed by atoms with Crippen LogP contribution in [0.2, 0.25) is 0 Å². The van der Waals surface area contributed by atoms with Gasteiger partial charge in [0.1, 0.15) is 0 Å². The monoisotopic (exact) mass is 253 g/mol. The van der Waals surface area contributed by atoms with Gasteiger partial charge in [-0.15, -0.1) is 0 Å². The Kier molecular flexibility index (Phi) is 9.18. The highest BCUT2D eigenvalue weighted by Crippen LogP contribution is 2.53. The van der Waals surface area contributed by atoms with Crippen molar-refractivity contribution in [2.45, 2.75) is 33.2 Å². The van der Waals surface area contributed by atoms with Crippen LogP contribution >= 0.6 is 7.37 Å². The molecule has 0 spiro atoms. The molecule has 16 heavy (non-hydrogen) atoms. The van der Waals surface area contributed by atoms with Crippen LogP contribution in [0.5, 0.6) is 0 Å². The third-order valence-electron chi connectivity index (χ3n) is 1.96. The molecule has 0 radical (unpaired) electrons. The largest absolute Gasteiger partial charge is 0.345 e. The van der Waals surface area contributed by atoms with Crippen molar-refractivity contribution < 1.29 is 18.6 Å². The lowest BCUT2D eigenvalue weighted by atomic mass is 10.5. The Morgan fingerprint density at radius 1 is 1.12 bits per heavy atom. The molecule has 0 aliphatic heterocycles. The molecule has 0 saturated heterocycles. The molecule has 5 nitrogen and oxygen atoms in total. The van der Waals surface area contributed by atoms with Crippen LogP contribution in [-0.4, -0.2) is 38.6 Å². The van der Waals surface area contributed by atoms with Crippen LogP contribution in [0.25, 0.3) is 0 Å². The molecule has 0 rings (SSSR count). The van der Waals surface area contributed by atoms with Crippen molar-refractivity contribution in [2.75, 3.05) is 32.5 Å². The number of ether oxygens (including phenoxy) is 2.